The summed E-state index contributed by atoms with van der Waals surface area (Å²) in [6.07, 6.45) is 0. The van der Waals surface area contributed by atoms with Crippen molar-refractivity contribution in [1.82, 2.24) is 14.9 Å². The van der Waals surface area contributed by atoms with Crippen LogP contribution >= 0.6 is 0 Å². The smallest absolute Gasteiger partial charge is 0.239 e. The molecule has 2 aromatic carbocycles. The van der Waals surface area contributed by atoms with Crippen molar-refractivity contribution in [2.24, 2.45) is 5.73 Å². The monoisotopic (exact) mass is 414 g/mol. The van der Waals surface area contributed by atoms with Gasteiger partial charge >= 0.3 is 0 Å². The average Bonchev–Trinajstić information content (AvgIpc) is 3.04. The maximum Gasteiger partial charge on any atom is 0.239 e. The van der Waals surface area contributed by atoms with E-state index >= 15 is 0 Å². The van der Waals surface area contributed by atoms with E-state index < -0.39 is 5.54 Å². The number of fused-ring (bicyclic) bond motifs is 1. The summed E-state index contributed by atoms with van der Waals surface area (Å²) in [7, 11) is 0. The van der Waals surface area contributed by atoms with Gasteiger partial charge in [0, 0.05) is 19.2 Å². The predicted octanol–water partition coefficient (Wildman–Crippen LogP) is 3.36. The van der Waals surface area contributed by atoms with E-state index in [0.29, 0.717) is 37.1 Å². The van der Waals surface area contributed by atoms with Gasteiger partial charge in [0.05, 0.1) is 29.7 Å². The second kappa shape index (κ2) is 9.23. The zero-order valence-corrected chi connectivity index (χ0v) is 17.4. The molecule has 160 valence electrons. The highest BCUT2D eigenvalue weighted by atomic mass is 19.1. The molecule has 0 spiro atoms. The molecule has 0 aliphatic heterocycles. The van der Waals surface area contributed by atoms with Gasteiger partial charge in [0.25, 0.3) is 0 Å². The highest BCUT2D eigenvalue weighted by molar-refractivity contribution is 5.85. The molecule has 0 bridgehead atoms. The molecule has 30 heavy (non-hydrogen) atoms. The molecule has 7 nitrogen and oxygen atoms in total. The maximum absolute atomic E-state index is 13.1. The van der Waals surface area contributed by atoms with Gasteiger partial charge in [-0.3, -0.25) is 4.79 Å². The van der Waals surface area contributed by atoms with Crippen molar-refractivity contribution in [2.45, 2.75) is 39.4 Å². The molecule has 0 fully saturated rings. The minimum atomic E-state index is -0.974. The number of carbonyl (C=O) groups excluding carboxylic acids is 1. The first-order valence-electron chi connectivity index (χ1n) is 9.85. The molecule has 0 aliphatic carbocycles. The fraction of sp³-hybridized carbons (Fsp3) is 0.364. The van der Waals surface area contributed by atoms with Crippen LogP contribution in [0.15, 0.2) is 42.5 Å². The van der Waals surface area contributed by atoms with E-state index in [9.17, 15) is 9.18 Å². The number of benzene rings is 2. The molecule has 0 radical (unpaired) electrons. The van der Waals surface area contributed by atoms with E-state index in [2.05, 4.69) is 10.3 Å². The third-order valence-corrected chi connectivity index (χ3v) is 4.50. The molecular weight excluding hydrogens is 387 g/mol. The highest BCUT2D eigenvalue weighted by Gasteiger charge is 2.22. The molecule has 3 N–H and O–H groups in total. The molecule has 0 saturated carbocycles. The van der Waals surface area contributed by atoms with Gasteiger partial charge in [-0.15, -0.1) is 0 Å². The molecule has 1 heterocycles. The fourth-order valence-corrected chi connectivity index (χ4v) is 2.93. The maximum atomic E-state index is 13.1. The molecule has 0 unspecified atom stereocenters. The number of nitrogens with two attached hydrogens (primary N) is 1. The van der Waals surface area contributed by atoms with E-state index in [1.807, 2.05) is 23.6 Å². The van der Waals surface area contributed by atoms with Crippen LogP contribution in [0.4, 0.5) is 4.39 Å². The Bertz CT molecular complexity index is 1010. The minimum Gasteiger partial charge on any atom is -0.457 e. The number of nitrogens with one attached hydrogen (secondary N) is 1. The van der Waals surface area contributed by atoms with Crippen molar-refractivity contribution in [1.29, 1.82) is 0 Å². The topological polar surface area (TPSA) is 91.4 Å². The van der Waals surface area contributed by atoms with Crippen molar-refractivity contribution in [2.75, 3.05) is 13.2 Å². The summed E-state index contributed by atoms with van der Waals surface area (Å²) < 4.78 is 26.5. The third-order valence-electron chi connectivity index (χ3n) is 4.50. The van der Waals surface area contributed by atoms with E-state index in [4.69, 9.17) is 15.2 Å². The molecule has 0 atom stereocenters. The van der Waals surface area contributed by atoms with Gasteiger partial charge in [-0.1, -0.05) is 0 Å². The largest absolute Gasteiger partial charge is 0.457 e. The summed E-state index contributed by atoms with van der Waals surface area (Å²) >= 11 is 0. The zero-order valence-electron chi connectivity index (χ0n) is 17.4. The number of nitrogens with zero attached hydrogens (tertiary/aromatic N) is 2. The number of halogens is 1. The summed E-state index contributed by atoms with van der Waals surface area (Å²) in [4.78, 5) is 16.8. The fourth-order valence-electron chi connectivity index (χ4n) is 2.93. The lowest BCUT2D eigenvalue weighted by molar-refractivity contribution is -0.125. The molecular formula is C22H27FN4O3. The number of ether oxygens (including phenoxy) is 2. The number of imidazole rings is 1. The van der Waals surface area contributed by atoms with Crippen molar-refractivity contribution in [3.63, 3.8) is 0 Å². The molecule has 0 aliphatic rings. The first kappa shape index (κ1) is 21.7. The van der Waals surface area contributed by atoms with Crippen LogP contribution in [0.2, 0.25) is 0 Å². The predicted molar refractivity (Wildman–Crippen MR) is 113 cm³/mol. The minimum absolute atomic E-state index is 0.244. The quantitative estimate of drug-likeness (QED) is 0.524. The summed E-state index contributed by atoms with van der Waals surface area (Å²) in [5, 5.41) is 2.84. The van der Waals surface area contributed by atoms with Crippen molar-refractivity contribution < 1.29 is 18.7 Å². The molecule has 8 heteroatoms. The first-order valence-corrected chi connectivity index (χ1v) is 9.85. The Morgan fingerprint density at radius 1 is 1.20 bits per heavy atom. The van der Waals surface area contributed by atoms with Crippen LogP contribution < -0.4 is 15.8 Å². The summed E-state index contributed by atoms with van der Waals surface area (Å²) in [5.74, 6) is 1.26. The van der Waals surface area contributed by atoms with Gasteiger partial charge in [-0.25, -0.2) is 9.37 Å². The number of aromatic nitrogens is 2. The van der Waals surface area contributed by atoms with E-state index in [1.165, 1.54) is 12.1 Å². The standard InChI is InChI=1S/C22H27FN4O3/c1-4-29-12-11-27-19-13-17(30-16-7-5-15(23)6-8-16)9-10-18(19)26-20(27)14-25-21(28)22(2,3)24/h5-10,13H,4,11-12,14,24H2,1-3H3,(H,25,28). The van der Waals surface area contributed by atoms with Gasteiger partial charge in [0.2, 0.25) is 5.91 Å². The molecule has 1 aromatic heterocycles. The Morgan fingerprint density at radius 3 is 2.57 bits per heavy atom. The summed E-state index contributed by atoms with van der Waals surface area (Å²) in [6, 6.07) is 11.4. The Hall–Kier alpha value is -2.97. The zero-order chi connectivity index (χ0) is 21.7. The van der Waals surface area contributed by atoms with Gasteiger partial charge < -0.3 is 25.1 Å². The number of carbonyl (C=O) groups is 1. The van der Waals surface area contributed by atoms with Crippen LogP contribution in [0.1, 0.15) is 26.6 Å². The Balaban J connectivity index is 1.88. The number of hydrogen-bond acceptors (Lipinski definition) is 5. The van der Waals surface area contributed by atoms with Crippen LogP contribution in [0.3, 0.4) is 0 Å². The van der Waals surface area contributed by atoms with Gasteiger partial charge in [-0.05, 0) is 57.2 Å². The number of rotatable bonds is 9. The Kier molecular flexibility index (Phi) is 6.69. The second-order valence-electron chi connectivity index (χ2n) is 7.49. The number of hydrogen-bond donors (Lipinski definition) is 2. The van der Waals surface area contributed by atoms with E-state index in [0.717, 1.165) is 11.0 Å². The molecule has 0 saturated heterocycles. The van der Waals surface area contributed by atoms with Crippen molar-refractivity contribution in [3.05, 3.63) is 54.1 Å². The molecule has 3 aromatic rings. The average molecular weight is 414 g/mol. The summed E-state index contributed by atoms with van der Waals surface area (Å²) in [6.45, 7) is 7.17. The van der Waals surface area contributed by atoms with Crippen LogP contribution in [-0.2, 0) is 22.6 Å². The van der Waals surface area contributed by atoms with Crippen LogP contribution in [-0.4, -0.2) is 34.2 Å². The van der Waals surface area contributed by atoms with E-state index in [1.54, 1.807) is 32.0 Å². The van der Waals surface area contributed by atoms with Gasteiger partial charge in [0.15, 0.2) is 0 Å². The highest BCUT2D eigenvalue weighted by Crippen LogP contribution is 2.26. The van der Waals surface area contributed by atoms with Crippen molar-refractivity contribution in [3.8, 4) is 11.5 Å². The Morgan fingerprint density at radius 2 is 1.90 bits per heavy atom. The normalized spacial score (nSPS) is 11.6. The van der Waals surface area contributed by atoms with Crippen LogP contribution in [0.25, 0.3) is 11.0 Å². The lowest BCUT2D eigenvalue weighted by Gasteiger charge is -2.18. The SMILES string of the molecule is CCOCCn1c(CNC(=O)C(C)(C)N)nc2ccc(Oc3ccc(F)cc3)cc21. The third kappa shape index (κ3) is 5.34. The lowest BCUT2D eigenvalue weighted by Crippen LogP contribution is -2.49. The lowest BCUT2D eigenvalue weighted by atomic mass is 10.1. The van der Waals surface area contributed by atoms with Crippen LogP contribution in [0.5, 0.6) is 11.5 Å². The molecule has 1 amide bonds. The van der Waals surface area contributed by atoms with E-state index in [-0.39, 0.29) is 18.3 Å². The molecule has 3 rings (SSSR count). The van der Waals surface area contributed by atoms with Crippen molar-refractivity contribution >= 4 is 16.9 Å². The first-order chi connectivity index (χ1) is 14.3. The summed E-state index contributed by atoms with van der Waals surface area (Å²) in [5.41, 5.74) is 6.51. The second-order valence-corrected chi connectivity index (χ2v) is 7.49. The van der Waals surface area contributed by atoms with Crippen LogP contribution in [0, 0.1) is 5.82 Å². The van der Waals surface area contributed by atoms with Gasteiger partial charge in [-0.2, -0.15) is 0 Å². The number of amides is 1. The van der Waals surface area contributed by atoms with Gasteiger partial charge in [0.1, 0.15) is 23.1 Å². The Labute approximate surface area is 175 Å².